The molecule has 1 aliphatic rings. The van der Waals surface area contributed by atoms with Gasteiger partial charge in [-0.25, -0.2) is 4.79 Å². The Balaban J connectivity index is 1.75. The van der Waals surface area contributed by atoms with Crippen LogP contribution in [0.3, 0.4) is 0 Å². The van der Waals surface area contributed by atoms with Gasteiger partial charge in [0, 0.05) is 25.5 Å². The van der Waals surface area contributed by atoms with Crippen LogP contribution in [0.5, 0.6) is 0 Å². The van der Waals surface area contributed by atoms with Crippen LogP contribution in [0.4, 0.5) is 0 Å². The summed E-state index contributed by atoms with van der Waals surface area (Å²) in [5.74, 6) is -0.426. The van der Waals surface area contributed by atoms with E-state index < -0.39 is 17.9 Å². The van der Waals surface area contributed by atoms with Crippen molar-refractivity contribution < 1.29 is 19.2 Å². The SMILES string of the molecule is CN(C(=O)c1cc(C2CC2)on1)[C@@H](Cc1ccccc1)C(=O)O. The van der Waals surface area contributed by atoms with Crippen LogP contribution in [0.25, 0.3) is 0 Å². The number of hydrogen-bond donors (Lipinski definition) is 1. The number of carbonyl (C=O) groups is 2. The molecule has 6 nitrogen and oxygen atoms in total. The molecule has 3 rings (SSSR count). The maximum Gasteiger partial charge on any atom is 0.326 e. The van der Waals surface area contributed by atoms with Crippen LogP contribution < -0.4 is 0 Å². The maximum atomic E-state index is 12.5. The lowest BCUT2D eigenvalue weighted by Gasteiger charge is -2.24. The summed E-state index contributed by atoms with van der Waals surface area (Å²) >= 11 is 0. The van der Waals surface area contributed by atoms with Crippen molar-refractivity contribution in [3.05, 3.63) is 53.4 Å². The molecule has 1 fully saturated rings. The lowest BCUT2D eigenvalue weighted by molar-refractivity contribution is -0.141. The van der Waals surface area contributed by atoms with Crippen LogP contribution in [0.15, 0.2) is 40.9 Å². The summed E-state index contributed by atoms with van der Waals surface area (Å²) < 4.78 is 5.17. The maximum absolute atomic E-state index is 12.5. The van der Waals surface area contributed by atoms with Gasteiger partial charge in [0.1, 0.15) is 11.8 Å². The highest BCUT2D eigenvalue weighted by atomic mass is 16.5. The highest BCUT2D eigenvalue weighted by molar-refractivity contribution is 5.94. The first-order valence-electron chi connectivity index (χ1n) is 7.56. The number of aromatic nitrogens is 1. The number of rotatable bonds is 6. The molecular formula is C17H18N2O4. The molecule has 1 amide bonds. The molecule has 120 valence electrons. The Bertz CT molecular complexity index is 706. The van der Waals surface area contributed by atoms with E-state index in [2.05, 4.69) is 5.16 Å². The lowest BCUT2D eigenvalue weighted by atomic mass is 10.0. The first kappa shape index (κ1) is 15.3. The third kappa shape index (κ3) is 3.41. The topological polar surface area (TPSA) is 83.6 Å². The number of nitrogens with zero attached hydrogens (tertiary/aromatic N) is 2. The quantitative estimate of drug-likeness (QED) is 0.884. The molecule has 1 heterocycles. The second-order valence-corrected chi connectivity index (χ2v) is 5.85. The Morgan fingerprint density at radius 3 is 2.65 bits per heavy atom. The fraction of sp³-hybridized carbons (Fsp3) is 0.353. The van der Waals surface area contributed by atoms with Crippen LogP contribution in [0.2, 0.25) is 0 Å². The lowest BCUT2D eigenvalue weighted by Crippen LogP contribution is -2.44. The number of benzene rings is 1. The molecule has 6 heteroatoms. The van der Waals surface area contributed by atoms with Gasteiger partial charge in [0.15, 0.2) is 5.69 Å². The van der Waals surface area contributed by atoms with Crippen molar-refractivity contribution >= 4 is 11.9 Å². The number of carbonyl (C=O) groups excluding carboxylic acids is 1. The summed E-state index contributed by atoms with van der Waals surface area (Å²) in [6, 6.07) is 9.91. The zero-order valence-electron chi connectivity index (χ0n) is 12.8. The smallest absolute Gasteiger partial charge is 0.326 e. The average molecular weight is 314 g/mol. The summed E-state index contributed by atoms with van der Waals surface area (Å²) in [7, 11) is 1.48. The van der Waals surface area contributed by atoms with E-state index in [0.29, 0.717) is 11.7 Å². The molecular weight excluding hydrogens is 296 g/mol. The Kier molecular flexibility index (Phi) is 4.14. The highest BCUT2D eigenvalue weighted by Gasteiger charge is 2.32. The zero-order chi connectivity index (χ0) is 16.4. The van der Waals surface area contributed by atoms with Crippen molar-refractivity contribution in [2.24, 2.45) is 0 Å². The minimum absolute atomic E-state index is 0.161. The molecule has 1 N–H and O–H groups in total. The molecule has 1 atom stereocenters. The summed E-state index contributed by atoms with van der Waals surface area (Å²) in [4.78, 5) is 25.3. The number of hydrogen-bond acceptors (Lipinski definition) is 4. The van der Waals surface area contributed by atoms with Crippen molar-refractivity contribution in [1.29, 1.82) is 0 Å². The summed E-state index contributed by atoms with van der Waals surface area (Å²) in [6.07, 6.45) is 2.33. The van der Waals surface area contributed by atoms with Gasteiger partial charge in [0.2, 0.25) is 0 Å². The van der Waals surface area contributed by atoms with Gasteiger partial charge in [-0.2, -0.15) is 0 Å². The Morgan fingerprint density at radius 2 is 2.04 bits per heavy atom. The Labute approximate surface area is 133 Å². The summed E-state index contributed by atoms with van der Waals surface area (Å²) in [5.41, 5.74) is 1.02. The van der Waals surface area contributed by atoms with Crippen LogP contribution in [0.1, 0.15) is 40.6 Å². The van der Waals surface area contributed by atoms with E-state index in [0.717, 1.165) is 18.4 Å². The van der Waals surface area contributed by atoms with Crippen molar-refractivity contribution in [1.82, 2.24) is 10.1 Å². The number of likely N-dealkylation sites (N-methyl/N-ethyl adjacent to an activating group) is 1. The third-order valence-corrected chi connectivity index (χ3v) is 4.07. The predicted molar refractivity (Wildman–Crippen MR) is 82.1 cm³/mol. The van der Waals surface area contributed by atoms with Gasteiger partial charge in [-0.1, -0.05) is 35.5 Å². The Hall–Kier alpha value is -2.63. The van der Waals surface area contributed by atoms with Gasteiger partial charge < -0.3 is 14.5 Å². The average Bonchev–Trinajstić information content (AvgIpc) is 3.29. The molecule has 0 unspecified atom stereocenters. The van der Waals surface area contributed by atoms with Gasteiger partial charge >= 0.3 is 5.97 Å². The molecule has 1 aromatic heterocycles. The molecule has 0 aliphatic heterocycles. The number of carboxylic acids is 1. The molecule has 0 saturated heterocycles. The fourth-order valence-corrected chi connectivity index (χ4v) is 2.50. The summed E-state index contributed by atoms with van der Waals surface area (Å²) in [6.45, 7) is 0. The van der Waals surface area contributed by atoms with Gasteiger partial charge in [0.25, 0.3) is 5.91 Å². The number of carboxylic acid groups (broad SMARTS) is 1. The van der Waals surface area contributed by atoms with Gasteiger partial charge in [-0.15, -0.1) is 0 Å². The van der Waals surface area contributed by atoms with E-state index in [9.17, 15) is 14.7 Å². The summed E-state index contributed by atoms with van der Waals surface area (Å²) in [5, 5.41) is 13.3. The molecule has 1 aliphatic carbocycles. The van der Waals surface area contributed by atoms with Gasteiger partial charge in [-0.3, -0.25) is 4.79 Å². The largest absolute Gasteiger partial charge is 0.480 e. The van der Waals surface area contributed by atoms with E-state index >= 15 is 0 Å². The second-order valence-electron chi connectivity index (χ2n) is 5.85. The minimum atomic E-state index is -1.05. The minimum Gasteiger partial charge on any atom is -0.480 e. The van der Waals surface area contributed by atoms with E-state index in [-0.39, 0.29) is 12.1 Å². The van der Waals surface area contributed by atoms with Crippen molar-refractivity contribution in [2.45, 2.75) is 31.2 Å². The molecule has 23 heavy (non-hydrogen) atoms. The van der Waals surface area contributed by atoms with Crippen LogP contribution in [-0.4, -0.2) is 40.1 Å². The van der Waals surface area contributed by atoms with Crippen molar-refractivity contribution in [3.8, 4) is 0 Å². The van der Waals surface area contributed by atoms with Crippen LogP contribution in [0, 0.1) is 0 Å². The first-order valence-corrected chi connectivity index (χ1v) is 7.56. The monoisotopic (exact) mass is 314 g/mol. The van der Waals surface area contributed by atoms with E-state index in [1.165, 1.54) is 11.9 Å². The highest BCUT2D eigenvalue weighted by Crippen LogP contribution is 2.40. The normalized spacial score (nSPS) is 15.2. The second kappa shape index (κ2) is 6.24. The first-order chi connectivity index (χ1) is 11.1. The zero-order valence-corrected chi connectivity index (χ0v) is 12.8. The van der Waals surface area contributed by atoms with E-state index in [4.69, 9.17) is 4.52 Å². The van der Waals surface area contributed by atoms with Crippen molar-refractivity contribution in [3.63, 3.8) is 0 Å². The number of aliphatic carboxylic acids is 1. The predicted octanol–water partition coefficient (Wildman–Crippen LogP) is 2.32. The fourth-order valence-electron chi connectivity index (χ4n) is 2.50. The van der Waals surface area contributed by atoms with Crippen LogP contribution >= 0.6 is 0 Å². The van der Waals surface area contributed by atoms with E-state index in [1.807, 2.05) is 30.3 Å². The third-order valence-electron chi connectivity index (χ3n) is 4.07. The molecule has 0 radical (unpaired) electrons. The molecule has 0 bridgehead atoms. The van der Waals surface area contributed by atoms with E-state index in [1.54, 1.807) is 6.07 Å². The molecule has 2 aromatic rings. The van der Waals surface area contributed by atoms with Gasteiger partial charge in [0.05, 0.1) is 0 Å². The Morgan fingerprint density at radius 1 is 1.35 bits per heavy atom. The van der Waals surface area contributed by atoms with Gasteiger partial charge in [-0.05, 0) is 18.4 Å². The number of amides is 1. The molecule has 1 aromatic carbocycles. The molecule has 1 saturated carbocycles. The van der Waals surface area contributed by atoms with Crippen molar-refractivity contribution in [2.75, 3.05) is 7.05 Å². The van der Waals surface area contributed by atoms with Crippen LogP contribution in [-0.2, 0) is 11.2 Å². The standard InChI is InChI=1S/C17H18N2O4/c1-19(14(17(21)22)9-11-5-3-2-4-6-11)16(20)13-10-15(23-18-13)12-7-8-12/h2-6,10,12,14H,7-9H2,1H3,(H,21,22)/t14-/m0/s1. The molecule has 0 spiro atoms.